The molecule has 3 N–H and O–H groups in total. The molecule has 0 saturated heterocycles. The Morgan fingerprint density at radius 3 is 2.71 bits per heavy atom. The molecule has 1 aliphatic heterocycles. The van der Waals surface area contributed by atoms with Crippen molar-refractivity contribution in [3.8, 4) is 11.3 Å². The van der Waals surface area contributed by atoms with Crippen LogP contribution in [0.25, 0.3) is 11.3 Å². The summed E-state index contributed by atoms with van der Waals surface area (Å²) in [6, 6.07) is 10.8. The number of aryl methyl sites for hydroxylation is 2. The van der Waals surface area contributed by atoms with E-state index in [-0.39, 0.29) is 24.5 Å². The van der Waals surface area contributed by atoms with E-state index in [9.17, 15) is 23.5 Å². The molecule has 3 aromatic rings. The first kappa shape index (κ1) is 23.3. The topological polar surface area (TPSA) is 96.2 Å². The van der Waals surface area contributed by atoms with Crippen LogP contribution in [0.15, 0.2) is 54.2 Å². The quantitative estimate of drug-likeness (QED) is 0.518. The summed E-state index contributed by atoms with van der Waals surface area (Å²) in [6.45, 7) is 4.10. The average molecular weight is 466 g/mol. The largest absolute Gasteiger partial charge is 0.394 e. The molecule has 2 aromatic carbocycles. The Morgan fingerprint density at radius 2 is 1.97 bits per heavy atom. The molecule has 4 rings (SSSR count). The Morgan fingerprint density at radius 1 is 1.18 bits per heavy atom. The minimum Gasteiger partial charge on any atom is -0.394 e. The highest BCUT2D eigenvalue weighted by Crippen LogP contribution is 2.33. The second kappa shape index (κ2) is 9.56. The molecule has 9 heteroatoms. The first-order valence-corrected chi connectivity index (χ1v) is 10.8. The normalized spacial score (nSPS) is 15.6. The van der Waals surface area contributed by atoms with Gasteiger partial charge in [0.25, 0.3) is 5.91 Å². The van der Waals surface area contributed by atoms with Crippen molar-refractivity contribution in [1.29, 1.82) is 0 Å². The lowest BCUT2D eigenvalue weighted by Gasteiger charge is -2.24. The summed E-state index contributed by atoms with van der Waals surface area (Å²) in [5, 5.41) is 19.1. The van der Waals surface area contributed by atoms with Gasteiger partial charge in [-0.3, -0.25) is 14.3 Å². The van der Waals surface area contributed by atoms with Gasteiger partial charge in [0.2, 0.25) is 5.91 Å². The summed E-state index contributed by atoms with van der Waals surface area (Å²) in [4.78, 5) is 25.2. The fraction of sp³-hybridized carbons (Fsp3) is 0.240. The van der Waals surface area contributed by atoms with Crippen molar-refractivity contribution >= 4 is 17.5 Å². The number of amides is 2. The van der Waals surface area contributed by atoms with Crippen LogP contribution in [0.2, 0.25) is 0 Å². The van der Waals surface area contributed by atoms with Gasteiger partial charge in [-0.2, -0.15) is 5.10 Å². The van der Waals surface area contributed by atoms with Crippen LogP contribution in [0.3, 0.4) is 0 Å². The highest BCUT2D eigenvalue weighted by Gasteiger charge is 2.29. The van der Waals surface area contributed by atoms with E-state index in [2.05, 4.69) is 15.7 Å². The number of aliphatic hydroxyl groups excluding tert-OH is 1. The zero-order chi connectivity index (χ0) is 24.4. The van der Waals surface area contributed by atoms with E-state index in [4.69, 9.17) is 0 Å². The van der Waals surface area contributed by atoms with E-state index in [1.165, 1.54) is 12.3 Å². The molecule has 1 unspecified atom stereocenters. The molecule has 1 aromatic heterocycles. The van der Waals surface area contributed by atoms with Crippen LogP contribution in [-0.4, -0.2) is 33.3 Å². The van der Waals surface area contributed by atoms with Gasteiger partial charge < -0.3 is 15.7 Å². The van der Waals surface area contributed by atoms with E-state index < -0.39 is 23.5 Å². The predicted octanol–water partition coefficient (Wildman–Crippen LogP) is 3.56. The van der Waals surface area contributed by atoms with Crippen molar-refractivity contribution < 1.29 is 23.5 Å². The lowest BCUT2D eigenvalue weighted by atomic mass is 9.86. The third-order valence-corrected chi connectivity index (χ3v) is 5.84. The monoisotopic (exact) mass is 466 g/mol. The summed E-state index contributed by atoms with van der Waals surface area (Å²) in [5.41, 5.74) is 4.32. The zero-order valence-electron chi connectivity index (χ0n) is 18.7. The van der Waals surface area contributed by atoms with E-state index in [0.29, 0.717) is 23.5 Å². The van der Waals surface area contributed by atoms with Gasteiger partial charge in [-0.15, -0.1) is 0 Å². The van der Waals surface area contributed by atoms with Gasteiger partial charge in [-0.25, -0.2) is 8.78 Å². The molecule has 2 amide bonds. The number of aromatic nitrogens is 2. The Bertz CT molecular complexity index is 1300. The Kier molecular flexibility index (Phi) is 6.56. The van der Waals surface area contributed by atoms with Crippen molar-refractivity contribution in [2.45, 2.75) is 32.7 Å². The Balaban J connectivity index is 1.62. The van der Waals surface area contributed by atoms with Crippen LogP contribution in [0.5, 0.6) is 0 Å². The van der Waals surface area contributed by atoms with Crippen LogP contribution in [0.1, 0.15) is 29.2 Å². The van der Waals surface area contributed by atoms with Crippen molar-refractivity contribution in [2.75, 3.05) is 11.9 Å². The van der Waals surface area contributed by atoms with Crippen LogP contribution in [0, 0.1) is 25.5 Å². The Labute approximate surface area is 195 Å². The second-order valence-corrected chi connectivity index (χ2v) is 8.20. The van der Waals surface area contributed by atoms with Gasteiger partial charge in [0.1, 0.15) is 0 Å². The molecule has 0 spiro atoms. The summed E-state index contributed by atoms with van der Waals surface area (Å²) in [5.74, 6) is -3.54. The van der Waals surface area contributed by atoms with E-state index in [1.807, 2.05) is 32.0 Å². The standard InChI is InChI=1S/C25H24F2N4O3/c1-14-3-4-17(23-9-15(2)31(30-23)7-8-32)11-22(14)29-25(34)19-13-28-24(33)12-18(19)16-5-6-20(26)21(27)10-16/h3-6,9-11,13,18,32H,7-8,12H2,1-2H3,(H,28,33)(H,29,34). The third kappa shape index (κ3) is 4.74. The lowest BCUT2D eigenvalue weighted by molar-refractivity contribution is -0.121. The van der Waals surface area contributed by atoms with Crippen molar-refractivity contribution in [1.82, 2.24) is 15.1 Å². The number of carbonyl (C=O) groups is 2. The number of hydrogen-bond acceptors (Lipinski definition) is 4. The summed E-state index contributed by atoms with van der Waals surface area (Å²) in [6.07, 6.45) is 1.25. The molecule has 34 heavy (non-hydrogen) atoms. The number of benzene rings is 2. The lowest BCUT2D eigenvalue weighted by Crippen LogP contribution is -2.32. The van der Waals surface area contributed by atoms with E-state index >= 15 is 0 Å². The molecule has 0 fully saturated rings. The van der Waals surface area contributed by atoms with Gasteiger partial charge in [-0.05, 0) is 49.2 Å². The summed E-state index contributed by atoms with van der Waals surface area (Å²) < 4.78 is 28.9. The van der Waals surface area contributed by atoms with Crippen molar-refractivity contribution in [3.63, 3.8) is 0 Å². The van der Waals surface area contributed by atoms with Crippen LogP contribution >= 0.6 is 0 Å². The van der Waals surface area contributed by atoms with Gasteiger partial charge in [-0.1, -0.05) is 18.2 Å². The maximum absolute atomic E-state index is 13.8. The summed E-state index contributed by atoms with van der Waals surface area (Å²) >= 11 is 0. The Hall–Kier alpha value is -3.85. The first-order valence-electron chi connectivity index (χ1n) is 10.8. The fourth-order valence-electron chi connectivity index (χ4n) is 3.95. The van der Waals surface area contributed by atoms with Crippen LogP contribution < -0.4 is 10.6 Å². The average Bonchev–Trinajstić information content (AvgIpc) is 3.17. The van der Waals surface area contributed by atoms with E-state index in [1.54, 1.807) is 10.7 Å². The molecular weight excluding hydrogens is 442 g/mol. The molecule has 0 aliphatic carbocycles. The number of halogens is 2. The molecule has 0 bridgehead atoms. The zero-order valence-corrected chi connectivity index (χ0v) is 18.7. The molecule has 7 nitrogen and oxygen atoms in total. The van der Waals surface area contributed by atoms with E-state index in [0.717, 1.165) is 29.0 Å². The maximum Gasteiger partial charge on any atom is 0.253 e. The third-order valence-electron chi connectivity index (χ3n) is 5.84. The highest BCUT2D eigenvalue weighted by molar-refractivity contribution is 6.07. The predicted molar refractivity (Wildman–Crippen MR) is 123 cm³/mol. The number of rotatable bonds is 6. The van der Waals surface area contributed by atoms with Gasteiger partial charge >= 0.3 is 0 Å². The minimum absolute atomic E-state index is 0.0259. The second-order valence-electron chi connectivity index (χ2n) is 8.20. The number of nitrogens with one attached hydrogen (secondary N) is 2. The fourth-order valence-corrected chi connectivity index (χ4v) is 3.95. The summed E-state index contributed by atoms with van der Waals surface area (Å²) in [7, 11) is 0. The molecule has 1 atom stereocenters. The number of hydrogen-bond donors (Lipinski definition) is 3. The number of aliphatic hydroxyl groups is 1. The molecule has 176 valence electrons. The minimum atomic E-state index is -1.04. The van der Waals surface area contributed by atoms with Crippen molar-refractivity contribution in [2.24, 2.45) is 0 Å². The number of nitrogens with zero attached hydrogens (tertiary/aromatic N) is 2. The number of carbonyl (C=O) groups excluding carboxylic acids is 2. The van der Waals surface area contributed by atoms with Gasteiger partial charge in [0.15, 0.2) is 11.6 Å². The van der Waals surface area contributed by atoms with Gasteiger partial charge in [0.05, 0.1) is 18.8 Å². The van der Waals surface area contributed by atoms with Crippen molar-refractivity contribution in [3.05, 3.63) is 82.7 Å². The van der Waals surface area contributed by atoms with Crippen LogP contribution in [-0.2, 0) is 16.1 Å². The molecule has 2 heterocycles. The van der Waals surface area contributed by atoms with Gasteiger partial charge in [0, 0.05) is 41.1 Å². The first-order chi connectivity index (χ1) is 16.3. The SMILES string of the molecule is Cc1ccc(-c2cc(C)n(CCO)n2)cc1NC(=O)C1=CNC(=O)CC1c1ccc(F)c(F)c1. The highest BCUT2D eigenvalue weighted by atomic mass is 19.2. The molecular formula is C25H24F2N4O3. The van der Waals surface area contributed by atoms with Crippen LogP contribution in [0.4, 0.5) is 14.5 Å². The molecule has 0 saturated carbocycles. The smallest absolute Gasteiger partial charge is 0.253 e. The molecule has 1 aliphatic rings. The number of anilines is 1. The molecule has 0 radical (unpaired) electrons. The maximum atomic E-state index is 13.8.